The highest BCUT2D eigenvalue weighted by Crippen LogP contribution is 2.16. The minimum absolute atomic E-state index is 0.0211. The third-order valence-electron chi connectivity index (χ3n) is 2.51. The lowest BCUT2D eigenvalue weighted by atomic mass is 10.3. The van der Waals surface area contributed by atoms with Gasteiger partial charge < -0.3 is 11.5 Å². The summed E-state index contributed by atoms with van der Waals surface area (Å²) in [7, 11) is -3.25. The van der Waals surface area contributed by atoms with Crippen LogP contribution >= 0.6 is 0 Å². The monoisotopic (exact) mass is 280 g/mol. The maximum Gasteiger partial charge on any atom is 0.271 e. The zero-order chi connectivity index (χ0) is 14.2. The molecular weight excluding hydrogens is 268 g/mol. The molecule has 1 aromatic carbocycles. The Balaban J connectivity index is 2.43. The normalized spacial score (nSPS) is 11.4. The SMILES string of the molecule is CS(=O)(=O)c1ccc(-n2cc(N)c(C(N)=O)n2)cc1. The van der Waals surface area contributed by atoms with Gasteiger partial charge >= 0.3 is 0 Å². The topological polar surface area (TPSA) is 121 Å². The Labute approximate surface area is 109 Å². The molecule has 7 nitrogen and oxygen atoms in total. The van der Waals surface area contributed by atoms with E-state index in [9.17, 15) is 13.2 Å². The average Bonchev–Trinajstić information content (AvgIpc) is 2.70. The number of rotatable bonds is 3. The summed E-state index contributed by atoms with van der Waals surface area (Å²) in [6, 6.07) is 6.03. The Morgan fingerprint density at radius 3 is 2.26 bits per heavy atom. The van der Waals surface area contributed by atoms with Crippen LogP contribution < -0.4 is 11.5 Å². The molecule has 0 spiro atoms. The van der Waals surface area contributed by atoms with Crippen LogP contribution in [0.5, 0.6) is 0 Å². The molecule has 0 atom stereocenters. The van der Waals surface area contributed by atoms with Crippen molar-refractivity contribution in [2.24, 2.45) is 5.73 Å². The van der Waals surface area contributed by atoms with Gasteiger partial charge in [0.05, 0.1) is 22.5 Å². The van der Waals surface area contributed by atoms with E-state index in [4.69, 9.17) is 11.5 Å². The van der Waals surface area contributed by atoms with Crippen molar-refractivity contribution in [3.63, 3.8) is 0 Å². The lowest BCUT2D eigenvalue weighted by Gasteiger charge is -2.02. The molecule has 0 fully saturated rings. The first-order valence-corrected chi connectivity index (χ1v) is 7.13. The lowest BCUT2D eigenvalue weighted by Crippen LogP contribution is -2.14. The van der Waals surface area contributed by atoms with E-state index in [1.165, 1.54) is 23.0 Å². The molecule has 0 bridgehead atoms. The summed E-state index contributed by atoms with van der Waals surface area (Å²) >= 11 is 0. The van der Waals surface area contributed by atoms with Gasteiger partial charge in [0.15, 0.2) is 15.5 Å². The molecule has 0 aliphatic heterocycles. The molecule has 19 heavy (non-hydrogen) atoms. The zero-order valence-electron chi connectivity index (χ0n) is 10.1. The standard InChI is InChI=1S/C11H12N4O3S/c1-19(17,18)8-4-2-7(3-5-8)15-6-9(12)10(14-15)11(13)16/h2-6H,12H2,1H3,(H2,13,16). The molecule has 2 aromatic rings. The number of nitrogens with two attached hydrogens (primary N) is 2. The van der Waals surface area contributed by atoms with Gasteiger partial charge in [-0.1, -0.05) is 0 Å². The predicted molar refractivity (Wildman–Crippen MR) is 69.6 cm³/mol. The maximum atomic E-state index is 11.3. The second-order valence-electron chi connectivity index (χ2n) is 4.01. The molecule has 2 rings (SSSR count). The van der Waals surface area contributed by atoms with Crippen molar-refractivity contribution >= 4 is 21.4 Å². The lowest BCUT2D eigenvalue weighted by molar-refractivity contribution is 0.0996. The molecule has 100 valence electrons. The van der Waals surface area contributed by atoms with Gasteiger partial charge in [-0.15, -0.1) is 0 Å². The van der Waals surface area contributed by atoms with E-state index < -0.39 is 15.7 Å². The fourth-order valence-corrected chi connectivity index (χ4v) is 2.19. The van der Waals surface area contributed by atoms with Crippen LogP contribution in [0.1, 0.15) is 10.5 Å². The highest BCUT2D eigenvalue weighted by atomic mass is 32.2. The number of carbonyl (C=O) groups is 1. The van der Waals surface area contributed by atoms with Gasteiger partial charge in [-0.05, 0) is 24.3 Å². The van der Waals surface area contributed by atoms with Gasteiger partial charge in [0.25, 0.3) is 5.91 Å². The summed E-state index contributed by atoms with van der Waals surface area (Å²) in [4.78, 5) is 11.2. The van der Waals surface area contributed by atoms with Crippen molar-refractivity contribution < 1.29 is 13.2 Å². The Bertz CT molecular complexity index is 732. The van der Waals surface area contributed by atoms with E-state index >= 15 is 0 Å². The van der Waals surface area contributed by atoms with Crippen molar-refractivity contribution in [3.05, 3.63) is 36.2 Å². The van der Waals surface area contributed by atoms with Crippen LogP contribution in [-0.4, -0.2) is 30.4 Å². The molecule has 0 saturated heterocycles. The second kappa shape index (κ2) is 4.39. The number of sulfone groups is 1. The second-order valence-corrected chi connectivity index (χ2v) is 6.02. The quantitative estimate of drug-likeness (QED) is 0.816. The summed E-state index contributed by atoms with van der Waals surface area (Å²) in [6.45, 7) is 0. The molecule has 0 aliphatic carbocycles. The number of hydrogen-bond acceptors (Lipinski definition) is 5. The minimum Gasteiger partial charge on any atom is -0.396 e. The van der Waals surface area contributed by atoms with Crippen LogP contribution in [0, 0.1) is 0 Å². The number of anilines is 1. The van der Waals surface area contributed by atoms with Crippen LogP contribution in [0.2, 0.25) is 0 Å². The van der Waals surface area contributed by atoms with Crippen molar-refractivity contribution in [1.82, 2.24) is 9.78 Å². The maximum absolute atomic E-state index is 11.3. The summed E-state index contributed by atoms with van der Waals surface area (Å²) in [5.74, 6) is -0.719. The Hall–Kier alpha value is -2.35. The van der Waals surface area contributed by atoms with E-state index in [1.54, 1.807) is 12.1 Å². The predicted octanol–water partition coefficient (Wildman–Crippen LogP) is -0.0431. The number of nitrogen functional groups attached to an aromatic ring is 1. The molecule has 4 N–H and O–H groups in total. The van der Waals surface area contributed by atoms with Gasteiger partial charge in [-0.3, -0.25) is 4.79 Å². The van der Waals surface area contributed by atoms with E-state index in [1.807, 2.05) is 0 Å². The summed E-state index contributed by atoms with van der Waals surface area (Å²) in [5.41, 5.74) is 11.4. The van der Waals surface area contributed by atoms with Gasteiger partial charge in [0.1, 0.15) is 0 Å². The summed E-state index contributed by atoms with van der Waals surface area (Å²) in [5, 5.41) is 3.94. The van der Waals surface area contributed by atoms with Gasteiger partial charge in [0, 0.05) is 6.26 Å². The number of hydrogen-bond donors (Lipinski definition) is 2. The first kappa shape index (κ1) is 13.1. The summed E-state index contributed by atoms with van der Waals surface area (Å²) in [6.07, 6.45) is 2.56. The number of aromatic nitrogens is 2. The average molecular weight is 280 g/mol. The minimum atomic E-state index is -3.25. The molecule has 1 aromatic heterocycles. The molecule has 0 unspecified atom stereocenters. The Kier molecular flexibility index (Phi) is 3.03. The molecule has 1 heterocycles. The number of benzene rings is 1. The van der Waals surface area contributed by atoms with E-state index in [0.29, 0.717) is 5.69 Å². The number of primary amides is 1. The van der Waals surface area contributed by atoms with Crippen molar-refractivity contribution in [1.29, 1.82) is 0 Å². The third kappa shape index (κ3) is 2.58. The van der Waals surface area contributed by atoms with Gasteiger partial charge in [0.2, 0.25) is 0 Å². The van der Waals surface area contributed by atoms with Crippen LogP contribution in [0.3, 0.4) is 0 Å². The van der Waals surface area contributed by atoms with Crippen molar-refractivity contribution in [2.45, 2.75) is 4.90 Å². The van der Waals surface area contributed by atoms with E-state index in [0.717, 1.165) is 6.26 Å². The smallest absolute Gasteiger partial charge is 0.271 e. The van der Waals surface area contributed by atoms with Crippen LogP contribution in [0.4, 0.5) is 5.69 Å². The summed E-state index contributed by atoms with van der Waals surface area (Å²) < 4.78 is 24.0. The van der Waals surface area contributed by atoms with Crippen LogP contribution in [0.25, 0.3) is 5.69 Å². The van der Waals surface area contributed by atoms with E-state index in [-0.39, 0.29) is 16.3 Å². The zero-order valence-corrected chi connectivity index (χ0v) is 10.9. The molecule has 1 amide bonds. The van der Waals surface area contributed by atoms with Crippen LogP contribution in [0.15, 0.2) is 35.4 Å². The van der Waals surface area contributed by atoms with Gasteiger partial charge in [-0.2, -0.15) is 5.10 Å². The fraction of sp³-hybridized carbons (Fsp3) is 0.0909. The van der Waals surface area contributed by atoms with Crippen LogP contribution in [-0.2, 0) is 9.84 Å². The van der Waals surface area contributed by atoms with E-state index in [2.05, 4.69) is 5.10 Å². The molecule has 8 heteroatoms. The van der Waals surface area contributed by atoms with Gasteiger partial charge in [-0.25, -0.2) is 13.1 Å². The number of amides is 1. The van der Waals surface area contributed by atoms with Crippen molar-refractivity contribution in [3.8, 4) is 5.69 Å². The highest BCUT2D eigenvalue weighted by Gasteiger charge is 2.13. The molecule has 0 aliphatic rings. The first-order chi connectivity index (χ1) is 8.79. The Morgan fingerprint density at radius 2 is 1.84 bits per heavy atom. The molecular formula is C11H12N4O3S. The third-order valence-corrected chi connectivity index (χ3v) is 3.63. The molecule has 0 saturated carbocycles. The number of carbonyl (C=O) groups excluding carboxylic acids is 1. The number of nitrogens with zero attached hydrogens (tertiary/aromatic N) is 2. The Morgan fingerprint density at radius 1 is 1.26 bits per heavy atom. The van der Waals surface area contributed by atoms with Crippen molar-refractivity contribution in [2.75, 3.05) is 12.0 Å². The largest absolute Gasteiger partial charge is 0.396 e. The highest BCUT2D eigenvalue weighted by molar-refractivity contribution is 7.90. The molecule has 0 radical (unpaired) electrons. The first-order valence-electron chi connectivity index (χ1n) is 5.24. The fourth-order valence-electron chi connectivity index (χ4n) is 1.56.